The normalized spacial score (nSPS) is 9.60. The SMILES string of the molecule is CN(CCC#N)C(=O)NCCc1ccccc1C(=O)O. The van der Waals surface area contributed by atoms with Gasteiger partial charge in [-0.2, -0.15) is 5.26 Å². The smallest absolute Gasteiger partial charge is 0.335 e. The zero-order valence-corrected chi connectivity index (χ0v) is 11.3. The van der Waals surface area contributed by atoms with Crippen LogP contribution in [0.4, 0.5) is 4.79 Å². The van der Waals surface area contributed by atoms with Crippen molar-refractivity contribution in [2.24, 2.45) is 0 Å². The van der Waals surface area contributed by atoms with Crippen LogP contribution in [0.5, 0.6) is 0 Å². The average Bonchev–Trinajstić information content (AvgIpc) is 2.44. The lowest BCUT2D eigenvalue weighted by Crippen LogP contribution is -2.38. The van der Waals surface area contributed by atoms with Crippen molar-refractivity contribution >= 4 is 12.0 Å². The molecule has 2 amide bonds. The fourth-order valence-electron chi connectivity index (χ4n) is 1.71. The summed E-state index contributed by atoms with van der Waals surface area (Å²) in [5, 5.41) is 20.2. The molecule has 0 unspecified atom stereocenters. The van der Waals surface area contributed by atoms with Crippen LogP contribution in [0.3, 0.4) is 0 Å². The number of amides is 2. The zero-order valence-electron chi connectivity index (χ0n) is 11.3. The van der Waals surface area contributed by atoms with Gasteiger partial charge in [0.05, 0.1) is 18.1 Å². The summed E-state index contributed by atoms with van der Waals surface area (Å²) in [7, 11) is 1.61. The number of nitrogens with one attached hydrogen (secondary N) is 1. The Morgan fingerprint density at radius 1 is 1.40 bits per heavy atom. The summed E-state index contributed by atoms with van der Waals surface area (Å²) >= 11 is 0. The topological polar surface area (TPSA) is 93.4 Å². The molecule has 2 N–H and O–H groups in total. The maximum absolute atomic E-state index is 11.6. The van der Waals surface area contributed by atoms with Gasteiger partial charge in [-0.25, -0.2) is 9.59 Å². The molecule has 106 valence electrons. The highest BCUT2D eigenvalue weighted by molar-refractivity contribution is 5.89. The van der Waals surface area contributed by atoms with Crippen molar-refractivity contribution in [1.82, 2.24) is 10.2 Å². The predicted molar refractivity (Wildman–Crippen MR) is 73.4 cm³/mol. The van der Waals surface area contributed by atoms with Crippen molar-refractivity contribution in [2.45, 2.75) is 12.8 Å². The van der Waals surface area contributed by atoms with Gasteiger partial charge in [0.25, 0.3) is 0 Å². The maximum Gasteiger partial charge on any atom is 0.335 e. The van der Waals surface area contributed by atoms with Crippen LogP contribution < -0.4 is 5.32 Å². The second-order valence-electron chi connectivity index (χ2n) is 4.27. The summed E-state index contributed by atoms with van der Waals surface area (Å²) in [5.74, 6) is -0.974. The van der Waals surface area contributed by atoms with Gasteiger partial charge in [0, 0.05) is 20.1 Å². The van der Waals surface area contributed by atoms with Gasteiger partial charge in [0.2, 0.25) is 0 Å². The van der Waals surface area contributed by atoms with E-state index in [9.17, 15) is 9.59 Å². The third-order valence-corrected chi connectivity index (χ3v) is 2.82. The molecule has 6 nitrogen and oxygen atoms in total. The molecule has 0 atom stereocenters. The van der Waals surface area contributed by atoms with Gasteiger partial charge in [-0.15, -0.1) is 0 Å². The summed E-state index contributed by atoms with van der Waals surface area (Å²) in [6, 6.07) is 8.40. The first-order valence-corrected chi connectivity index (χ1v) is 6.23. The van der Waals surface area contributed by atoms with E-state index in [-0.39, 0.29) is 18.0 Å². The third kappa shape index (κ3) is 4.61. The number of rotatable bonds is 6. The Morgan fingerprint density at radius 3 is 2.75 bits per heavy atom. The fraction of sp³-hybridized carbons (Fsp3) is 0.357. The lowest BCUT2D eigenvalue weighted by Gasteiger charge is -2.16. The average molecular weight is 275 g/mol. The number of carbonyl (C=O) groups is 2. The number of carbonyl (C=O) groups excluding carboxylic acids is 1. The molecular weight excluding hydrogens is 258 g/mol. The van der Waals surface area contributed by atoms with E-state index in [1.165, 1.54) is 4.90 Å². The molecule has 0 aliphatic rings. The lowest BCUT2D eigenvalue weighted by molar-refractivity contribution is 0.0695. The van der Waals surface area contributed by atoms with E-state index >= 15 is 0 Å². The highest BCUT2D eigenvalue weighted by Gasteiger charge is 2.10. The van der Waals surface area contributed by atoms with E-state index in [1.54, 1.807) is 31.3 Å². The lowest BCUT2D eigenvalue weighted by atomic mass is 10.0. The van der Waals surface area contributed by atoms with Crippen LogP contribution in [0, 0.1) is 11.3 Å². The van der Waals surface area contributed by atoms with E-state index in [0.717, 1.165) is 0 Å². The zero-order chi connectivity index (χ0) is 15.0. The highest BCUT2D eigenvalue weighted by Crippen LogP contribution is 2.09. The van der Waals surface area contributed by atoms with Gasteiger partial charge >= 0.3 is 12.0 Å². The van der Waals surface area contributed by atoms with Crippen LogP contribution in [0.1, 0.15) is 22.3 Å². The van der Waals surface area contributed by atoms with E-state index in [1.807, 2.05) is 6.07 Å². The largest absolute Gasteiger partial charge is 0.478 e. The van der Waals surface area contributed by atoms with Crippen molar-refractivity contribution in [3.05, 3.63) is 35.4 Å². The predicted octanol–water partition coefficient (Wildman–Crippen LogP) is 1.48. The number of urea groups is 1. The Hall–Kier alpha value is -2.55. The van der Waals surface area contributed by atoms with Crippen molar-refractivity contribution < 1.29 is 14.7 Å². The van der Waals surface area contributed by atoms with E-state index < -0.39 is 5.97 Å². The molecule has 0 radical (unpaired) electrons. The molecule has 20 heavy (non-hydrogen) atoms. The standard InChI is InChI=1S/C14H17N3O3/c1-17(10-4-8-15)14(20)16-9-7-11-5-2-3-6-12(11)13(18)19/h2-3,5-6H,4,7,9-10H2,1H3,(H,16,20)(H,18,19). The molecule has 0 aliphatic carbocycles. The van der Waals surface area contributed by atoms with Crippen LogP contribution in [-0.4, -0.2) is 42.1 Å². The number of carboxylic acids is 1. The molecule has 0 aliphatic heterocycles. The minimum atomic E-state index is -0.974. The molecule has 0 bridgehead atoms. The van der Waals surface area contributed by atoms with Gasteiger partial charge in [-0.1, -0.05) is 18.2 Å². The molecule has 1 aromatic carbocycles. The quantitative estimate of drug-likeness (QED) is 0.822. The highest BCUT2D eigenvalue weighted by atomic mass is 16.4. The molecule has 0 heterocycles. The van der Waals surface area contributed by atoms with Crippen molar-refractivity contribution in [3.63, 3.8) is 0 Å². The van der Waals surface area contributed by atoms with Crippen LogP contribution in [-0.2, 0) is 6.42 Å². The van der Waals surface area contributed by atoms with Gasteiger partial charge in [0.1, 0.15) is 0 Å². The van der Waals surface area contributed by atoms with Crippen molar-refractivity contribution in [1.29, 1.82) is 5.26 Å². The molecule has 0 aromatic heterocycles. The van der Waals surface area contributed by atoms with Crippen molar-refractivity contribution in [3.8, 4) is 6.07 Å². The number of aromatic carboxylic acids is 1. The van der Waals surface area contributed by atoms with Crippen LogP contribution in [0.2, 0.25) is 0 Å². The van der Waals surface area contributed by atoms with E-state index in [0.29, 0.717) is 25.1 Å². The molecule has 0 fully saturated rings. The number of carboxylic acid groups (broad SMARTS) is 1. The second-order valence-corrected chi connectivity index (χ2v) is 4.27. The molecular formula is C14H17N3O3. The van der Waals surface area contributed by atoms with Crippen LogP contribution >= 0.6 is 0 Å². The minimum absolute atomic E-state index is 0.250. The Balaban J connectivity index is 2.47. The third-order valence-electron chi connectivity index (χ3n) is 2.82. The molecule has 1 rings (SSSR count). The second kappa shape index (κ2) is 7.79. The Morgan fingerprint density at radius 2 is 2.10 bits per heavy atom. The summed E-state index contributed by atoms with van der Waals surface area (Å²) in [6.45, 7) is 0.716. The number of hydrogen-bond donors (Lipinski definition) is 2. The van der Waals surface area contributed by atoms with Gasteiger partial charge < -0.3 is 15.3 Å². The Bertz CT molecular complexity index is 523. The minimum Gasteiger partial charge on any atom is -0.478 e. The molecule has 0 saturated heterocycles. The van der Waals surface area contributed by atoms with Crippen LogP contribution in [0.15, 0.2) is 24.3 Å². The first kappa shape index (κ1) is 15.5. The van der Waals surface area contributed by atoms with E-state index in [4.69, 9.17) is 10.4 Å². The number of benzene rings is 1. The van der Waals surface area contributed by atoms with Crippen molar-refractivity contribution in [2.75, 3.05) is 20.1 Å². The Kier molecular flexibility index (Phi) is 6.04. The Labute approximate surface area is 117 Å². The van der Waals surface area contributed by atoms with Gasteiger partial charge in [-0.05, 0) is 18.1 Å². The first-order valence-electron chi connectivity index (χ1n) is 6.23. The summed E-state index contributed by atoms with van der Waals surface area (Å²) < 4.78 is 0. The fourth-order valence-corrected chi connectivity index (χ4v) is 1.71. The molecule has 0 saturated carbocycles. The monoisotopic (exact) mass is 275 g/mol. The maximum atomic E-state index is 11.6. The number of nitriles is 1. The molecule has 6 heteroatoms. The van der Waals surface area contributed by atoms with Gasteiger partial charge in [-0.3, -0.25) is 0 Å². The number of hydrogen-bond acceptors (Lipinski definition) is 3. The molecule has 0 spiro atoms. The summed E-state index contributed by atoms with van der Waals surface area (Å²) in [4.78, 5) is 24.1. The summed E-state index contributed by atoms with van der Waals surface area (Å²) in [5.41, 5.74) is 0.930. The first-order chi connectivity index (χ1) is 9.56. The van der Waals surface area contributed by atoms with Gasteiger partial charge in [0.15, 0.2) is 0 Å². The van der Waals surface area contributed by atoms with Crippen LogP contribution in [0.25, 0.3) is 0 Å². The number of nitrogens with zero attached hydrogens (tertiary/aromatic N) is 2. The van der Waals surface area contributed by atoms with E-state index in [2.05, 4.69) is 5.32 Å². The molecule has 1 aromatic rings. The summed E-state index contributed by atoms with van der Waals surface area (Å²) in [6.07, 6.45) is 0.728.